The quantitative estimate of drug-likeness (QED) is 0.577. The van der Waals surface area contributed by atoms with E-state index in [0.29, 0.717) is 5.70 Å². The molecule has 4 heteroatoms. The van der Waals surface area contributed by atoms with Crippen LogP contribution in [0.1, 0.15) is 6.92 Å². The van der Waals surface area contributed by atoms with Crippen LogP contribution in [0, 0.1) is 0 Å². The van der Waals surface area contributed by atoms with Crippen LogP contribution in [0.25, 0.3) is 0 Å². The first kappa shape index (κ1) is 8.36. The molecular weight excluding hydrogens is 136 g/mol. The van der Waals surface area contributed by atoms with E-state index in [1.807, 2.05) is 0 Å². The van der Waals surface area contributed by atoms with Crippen LogP contribution in [0.4, 0.5) is 4.79 Å². The van der Waals surface area contributed by atoms with Crippen LogP contribution in [-0.4, -0.2) is 12.3 Å². The van der Waals surface area contributed by atoms with Crippen molar-refractivity contribution in [3.63, 3.8) is 0 Å². The molecule has 0 heterocycles. The summed E-state index contributed by atoms with van der Waals surface area (Å²) in [6.45, 7) is 1.73. The standard InChI is InChI=1S/C5H10N2OS/c1-4(6)3-9-5(8)7-2/h3H,6H2,1-2H3,(H,7,8)/b4-3+. The smallest absolute Gasteiger partial charge is 0.283 e. The summed E-state index contributed by atoms with van der Waals surface area (Å²) in [7, 11) is 1.58. The minimum absolute atomic E-state index is 0.0974. The molecule has 0 aliphatic heterocycles. The molecule has 9 heavy (non-hydrogen) atoms. The van der Waals surface area contributed by atoms with E-state index in [1.165, 1.54) is 0 Å². The summed E-state index contributed by atoms with van der Waals surface area (Å²) in [5.41, 5.74) is 5.90. The van der Waals surface area contributed by atoms with Crippen LogP contribution in [0.3, 0.4) is 0 Å². The van der Waals surface area contributed by atoms with Crippen molar-refractivity contribution in [3.05, 3.63) is 11.1 Å². The Bertz CT molecular complexity index is 129. The Balaban J connectivity index is 3.50. The highest BCUT2D eigenvalue weighted by Gasteiger charge is 1.91. The van der Waals surface area contributed by atoms with Gasteiger partial charge in [-0.05, 0) is 24.1 Å². The van der Waals surface area contributed by atoms with E-state index in [1.54, 1.807) is 19.4 Å². The highest BCUT2D eigenvalue weighted by molar-refractivity contribution is 8.16. The molecule has 0 fully saturated rings. The summed E-state index contributed by atoms with van der Waals surface area (Å²) in [6.07, 6.45) is 0. The molecule has 52 valence electrons. The Kier molecular flexibility index (Phi) is 3.96. The average Bonchev–Trinajstić information content (AvgIpc) is 1.83. The molecule has 0 saturated heterocycles. The number of nitrogens with two attached hydrogens (primary N) is 1. The maximum atomic E-state index is 10.5. The van der Waals surface area contributed by atoms with Crippen molar-refractivity contribution >= 4 is 17.0 Å². The molecule has 0 aliphatic carbocycles. The van der Waals surface area contributed by atoms with Gasteiger partial charge in [-0.25, -0.2) is 0 Å². The summed E-state index contributed by atoms with van der Waals surface area (Å²) in [5.74, 6) is 0. The molecule has 0 radical (unpaired) electrons. The molecule has 0 aliphatic rings. The van der Waals surface area contributed by atoms with E-state index in [-0.39, 0.29) is 5.24 Å². The number of carbonyl (C=O) groups excluding carboxylic acids is 1. The number of nitrogens with one attached hydrogen (secondary N) is 1. The summed E-state index contributed by atoms with van der Waals surface area (Å²) in [5, 5.41) is 3.94. The normalized spacial score (nSPS) is 11.1. The van der Waals surface area contributed by atoms with Gasteiger partial charge in [0.15, 0.2) is 0 Å². The van der Waals surface area contributed by atoms with Gasteiger partial charge in [0.2, 0.25) is 0 Å². The van der Waals surface area contributed by atoms with Crippen LogP contribution in [0.15, 0.2) is 11.1 Å². The van der Waals surface area contributed by atoms with E-state index in [4.69, 9.17) is 5.73 Å². The summed E-state index contributed by atoms with van der Waals surface area (Å²) in [6, 6.07) is 0. The topological polar surface area (TPSA) is 55.1 Å². The second-order valence-electron chi connectivity index (χ2n) is 1.52. The third kappa shape index (κ3) is 5.23. The van der Waals surface area contributed by atoms with E-state index in [9.17, 15) is 4.79 Å². The molecule has 0 aromatic carbocycles. The molecule has 0 bridgehead atoms. The van der Waals surface area contributed by atoms with Crippen molar-refractivity contribution < 1.29 is 4.79 Å². The van der Waals surface area contributed by atoms with Crippen molar-refractivity contribution in [1.29, 1.82) is 0 Å². The second-order valence-corrected chi connectivity index (χ2v) is 2.36. The van der Waals surface area contributed by atoms with Crippen LogP contribution in [0.5, 0.6) is 0 Å². The summed E-state index contributed by atoms with van der Waals surface area (Å²) >= 11 is 1.05. The Morgan fingerprint density at radius 1 is 1.78 bits per heavy atom. The van der Waals surface area contributed by atoms with Gasteiger partial charge in [0.25, 0.3) is 5.24 Å². The van der Waals surface area contributed by atoms with Gasteiger partial charge in [-0.2, -0.15) is 0 Å². The lowest BCUT2D eigenvalue weighted by Gasteiger charge is -1.91. The van der Waals surface area contributed by atoms with Crippen molar-refractivity contribution in [1.82, 2.24) is 5.32 Å². The summed E-state index contributed by atoms with van der Waals surface area (Å²) < 4.78 is 0. The van der Waals surface area contributed by atoms with Gasteiger partial charge in [0, 0.05) is 12.7 Å². The first-order valence-corrected chi connectivity index (χ1v) is 3.35. The fraction of sp³-hybridized carbons (Fsp3) is 0.400. The Labute approximate surface area is 58.7 Å². The lowest BCUT2D eigenvalue weighted by Crippen LogP contribution is -2.10. The van der Waals surface area contributed by atoms with Crippen LogP contribution < -0.4 is 11.1 Å². The molecule has 3 nitrogen and oxygen atoms in total. The van der Waals surface area contributed by atoms with E-state index in [0.717, 1.165) is 11.8 Å². The first-order chi connectivity index (χ1) is 4.16. The summed E-state index contributed by atoms with van der Waals surface area (Å²) in [4.78, 5) is 10.5. The fourth-order valence-corrected chi connectivity index (χ4v) is 0.616. The zero-order chi connectivity index (χ0) is 7.28. The largest absolute Gasteiger partial charge is 0.402 e. The molecule has 0 saturated carbocycles. The first-order valence-electron chi connectivity index (χ1n) is 2.47. The Morgan fingerprint density at radius 3 is 2.67 bits per heavy atom. The number of rotatable bonds is 1. The van der Waals surface area contributed by atoms with Gasteiger partial charge in [-0.15, -0.1) is 0 Å². The third-order valence-electron chi connectivity index (χ3n) is 0.556. The zero-order valence-electron chi connectivity index (χ0n) is 5.47. The molecule has 3 N–H and O–H groups in total. The number of carbonyl (C=O) groups is 1. The molecule has 0 aromatic rings. The van der Waals surface area contributed by atoms with Crippen LogP contribution >= 0.6 is 11.8 Å². The Morgan fingerprint density at radius 2 is 2.33 bits per heavy atom. The molecule has 0 atom stereocenters. The molecule has 1 amide bonds. The van der Waals surface area contributed by atoms with E-state index >= 15 is 0 Å². The van der Waals surface area contributed by atoms with Crippen molar-refractivity contribution in [2.45, 2.75) is 6.92 Å². The molecular formula is C5H10N2OS. The predicted molar refractivity (Wildman–Crippen MR) is 40.0 cm³/mol. The van der Waals surface area contributed by atoms with E-state index in [2.05, 4.69) is 5.32 Å². The lowest BCUT2D eigenvalue weighted by molar-refractivity contribution is 0.262. The van der Waals surface area contributed by atoms with Gasteiger partial charge < -0.3 is 11.1 Å². The van der Waals surface area contributed by atoms with Gasteiger partial charge in [0.05, 0.1) is 0 Å². The Hall–Kier alpha value is -0.640. The fourth-order valence-electron chi connectivity index (χ4n) is 0.205. The van der Waals surface area contributed by atoms with E-state index < -0.39 is 0 Å². The molecule has 0 rings (SSSR count). The molecule has 0 spiro atoms. The monoisotopic (exact) mass is 146 g/mol. The SMILES string of the molecule is CNC(=O)S/C=C(\C)N. The second kappa shape index (κ2) is 4.26. The predicted octanol–water partition coefficient (Wildman–Crippen LogP) is 0.879. The number of hydrogen-bond donors (Lipinski definition) is 2. The lowest BCUT2D eigenvalue weighted by atomic mass is 10.6. The van der Waals surface area contributed by atoms with Crippen LogP contribution in [0.2, 0.25) is 0 Å². The number of allylic oxidation sites excluding steroid dienone is 1. The highest BCUT2D eigenvalue weighted by Crippen LogP contribution is 2.03. The maximum Gasteiger partial charge on any atom is 0.283 e. The average molecular weight is 146 g/mol. The van der Waals surface area contributed by atoms with Crippen molar-refractivity contribution in [2.24, 2.45) is 5.73 Å². The van der Waals surface area contributed by atoms with Gasteiger partial charge >= 0.3 is 0 Å². The van der Waals surface area contributed by atoms with Crippen molar-refractivity contribution in [2.75, 3.05) is 7.05 Å². The number of hydrogen-bond acceptors (Lipinski definition) is 3. The number of amides is 1. The van der Waals surface area contributed by atoms with Gasteiger partial charge in [0.1, 0.15) is 0 Å². The third-order valence-corrected chi connectivity index (χ3v) is 1.46. The number of thioether (sulfide) groups is 1. The van der Waals surface area contributed by atoms with Gasteiger partial charge in [-0.3, -0.25) is 4.79 Å². The minimum atomic E-state index is -0.0974. The highest BCUT2D eigenvalue weighted by atomic mass is 32.2. The molecule has 0 aromatic heterocycles. The van der Waals surface area contributed by atoms with Crippen LogP contribution in [-0.2, 0) is 0 Å². The maximum absolute atomic E-state index is 10.5. The van der Waals surface area contributed by atoms with Crippen molar-refractivity contribution in [3.8, 4) is 0 Å². The molecule has 0 unspecified atom stereocenters. The van der Waals surface area contributed by atoms with Gasteiger partial charge in [-0.1, -0.05) is 0 Å². The zero-order valence-corrected chi connectivity index (χ0v) is 6.29. The minimum Gasteiger partial charge on any atom is -0.402 e.